The molecular formula is C14H22N2O2. The number of phenols is 1. The quantitative estimate of drug-likeness (QED) is 0.860. The Morgan fingerprint density at radius 1 is 1.50 bits per heavy atom. The van der Waals surface area contributed by atoms with E-state index in [-0.39, 0.29) is 12.1 Å². The molecule has 2 unspecified atom stereocenters. The van der Waals surface area contributed by atoms with Gasteiger partial charge < -0.3 is 15.6 Å². The van der Waals surface area contributed by atoms with E-state index in [1.54, 1.807) is 19.2 Å². The van der Waals surface area contributed by atoms with E-state index in [0.717, 1.165) is 37.2 Å². The highest BCUT2D eigenvalue weighted by Crippen LogP contribution is 2.32. The maximum Gasteiger partial charge on any atom is 0.120 e. The fourth-order valence-electron chi connectivity index (χ4n) is 2.58. The zero-order chi connectivity index (χ0) is 13.1. The first-order valence-electron chi connectivity index (χ1n) is 6.48. The molecule has 3 N–H and O–H groups in total. The number of piperidine rings is 1. The number of nitrogens with zero attached hydrogens (tertiary/aromatic N) is 1. The summed E-state index contributed by atoms with van der Waals surface area (Å²) in [5.74, 6) is 1.10. The van der Waals surface area contributed by atoms with Gasteiger partial charge in [-0.1, -0.05) is 0 Å². The van der Waals surface area contributed by atoms with Crippen LogP contribution < -0.4 is 10.5 Å². The number of aromatic hydroxyl groups is 1. The van der Waals surface area contributed by atoms with Gasteiger partial charge in [-0.05, 0) is 44.5 Å². The van der Waals surface area contributed by atoms with Gasteiger partial charge >= 0.3 is 0 Å². The lowest BCUT2D eigenvalue weighted by Gasteiger charge is -2.35. The van der Waals surface area contributed by atoms with Gasteiger partial charge in [-0.3, -0.25) is 4.90 Å². The summed E-state index contributed by atoms with van der Waals surface area (Å²) in [6.07, 6.45) is 2.21. The fourth-order valence-corrected chi connectivity index (χ4v) is 2.58. The Kier molecular flexibility index (Phi) is 4.09. The van der Waals surface area contributed by atoms with Gasteiger partial charge in [0.2, 0.25) is 0 Å². The van der Waals surface area contributed by atoms with E-state index in [1.807, 2.05) is 6.07 Å². The van der Waals surface area contributed by atoms with E-state index in [9.17, 15) is 5.11 Å². The van der Waals surface area contributed by atoms with Gasteiger partial charge in [0.25, 0.3) is 0 Å². The molecule has 1 aromatic carbocycles. The van der Waals surface area contributed by atoms with Gasteiger partial charge in [0, 0.05) is 24.2 Å². The summed E-state index contributed by atoms with van der Waals surface area (Å²) in [5.41, 5.74) is 6.91. The number of ether oxygens (including phenoxy) is 1. The number of hydrogen-bond acceptors (Lipinski definition) is 4. The number of hydrogen-bond donors (Lipinski definition) is 2. The maximum absolute atomic E-state index is 9.98. The molecule has 0 saturated carbocycles. The van der Waals surface area contributed by atoms with E-state index in [0.29, 0.717) is 5.75 Å². The van der Waals surface area contributed by atoms with Gasteiger partial charge in [-0.25, -0.2) is 0 Å². The van der Waals surface area contributed by atoms with E-state index in [1.165, 1.54) is 0 Å². The summed E-state index contributed by atoms with van der Waals surface area (Å²) in [7, 11) is 1.64. The third-order valence-corrected chi connectivity index (χ3v) is 3.72. The molecule has 100 valence electrons. The van der Waals surface area contributed by atoms with Crippen molar-refractivity contribution in [3.05, 3.63) is 23.8 Å². The molecule has 0 radical (unpaired) electrons. The average Bonchev–Trinajstić information content (AvgIpc) is 2.38. The summed E-state index contributed by atoms with van der Waals surface area (Å²) in [6.45, 7) is 4.02. The summed E-state index contributed by atoms with van der Waals surface area (Å²) in [6, 6.07) is 5.77. The van der Waals surface area contributed by atoms with Crippen molar-refractivity contribution in [1.82, 2.24) is 4.90 Å². The van der Waals surface area contributed by atoms with Crippen LogP contribution in [0.3, 0.4) is 0 Å². The third kappa shape index (κ3) is 2.76. The zero-order valence-corrected chi connectivity index (χ0v) is 11.1. The van der Waals surface area contributed by atoms with E-state index >= 15 is 0 Å². The molecular weight excluding hydrogens is 228 g/mol. The zero-order valence-electron chi connectivity index (χ0n) is 11.1. The Balaban J connectivity index is 2.19. The van der Waals surface area contributed by atoms with Crippen LogP contribution in [0.2, 0.25) is 0 Å². The minimum Gasteiger partial charge on any atom is -0.508 e. The molecule has 1 aliphatic rings. The predicted octanol–water partition coefficient (Wildman–Crippen LogP) is 1.88. The largest absolute Gasteiger partial charge is 0.508 e. The molecule has 1 heterocycles. The predicted molar refractivity (Wildman–Crippen MR) is 71.9 cm³/mol. The molecule has 0 bridgehead atoms. The molecule has 0 aliphatic carbocycles. The molecule has 0 spiro atoms. The Bertz CT molecular complexity index is 409. The van der Waals surface area contributed by atoms with Crippen molar-refractivity contribution in [3.8, 4) is 11.5 Å². The Labute approximate surface area is 108 Å². The summed E-state index contributed by atoms with van der Waals surface area (Å²) < 4.78 is 5.21. The van der Waals surface area contributed by atoms with E-state index in [4.69, 9.17) is 10.5 Å². The van der Waals surface area contributed by atoms with Crippen molar-refractivity contribution in [2.45, 2.75) is 31.8 Å². The molecule has 1 fully saturated rings. The second-order valence-electron chi connectivity index (χ2n) is 5.00. The lowest BCUT2D eigenvalue weighted by molar-refractivity contribution is 0.157. The molecule has 1 saturated heterocycles. The topological polar surface area (TPSA) is 58.7 Å². The second-order valence-corrected chi connectivity index (χ2v) is 5.00. The van der Waals surface area contributed by atoms with E-state index < -0.39 is 0 Å². The highest BCUT2D eigenvalue weighted by molar-refractivity contribution is 5.41. The number of methoxy groups -OCH3 is 1. The van der Waals surface area contributed by atoms with Crippen molar-refractivity contribution in [2.75, 3.05) is 20.2 Å². The SMILES string of the molecule is COc1ccc(O)c(C(C)N2CCCC(N)C2)c1. The minimum absolute atomic E-state index is 0.159. The molecule has 1 aliphatic heterocycles. The van der Waals surface area contributed by atoms with Gasteiger partial charge in [-0.2, -0.15) is 0 Å². The average molecular weight is 250 g/mol. The molecule has 0 aromatic heterocycles. The second kappa shape index (κ2) is 5.59. The van der Waals surface area contributed by atoms with Crippen LogP contribution in [0.1, 0.15) is 31.4 Å². The lowest BCUT2D eigenvalue weighted by atomic mass is 10.00. The summed E-state index contributed by atoms with van der Waals surface area (Å²) in [5, 5.41) is 9.98. The van der Waals surface area contributed by atoms with Crippen LogP contribution in [0.5, 0.6) is 11.5 Å². The molecule has 4 nitrogen and oxygen atoms in total. The van der Waals surface area contributed by atoms with Crippen LogP contribution in [-0.2, 0) is 0 Å². The number of nitrogens with two attached hydrogens (primary N) is 1. The smallest absolute Gasteiger partial charge is 0.120 e. The number of benzene rings is 1. The first kappa shape index (κ1) is 13.2. The van der Waals surface area contributed by atoms with Crippen LogP contribution in [0, 0.1) is 0 Å². The summed E-state index contributed by atoms with van der Waals surface area (Å²) >= 11 is 0. The highest BCUT2D eigenvalue weighted by Gasteiger charge is 2.24. The molecule has 4 heteroatoms. The highest BCUT2D eigenvalue weighted by atomic mass is 16.5. The van der Waals surface area contributed by atoms with Crippen LogP contribution in [-0.4, -0.2) is 36.2 Å². The number of phenolic OH excluding ortho intramolecular Hbond substituents is 1. The first-order chi connectivity index (χ1) is 8.61. The number of likely N-dealkylation sites (tertiary alicyclic amines) is 1. The van der Waals surface area contributed by atoms with Crippen LogP contribution in [0.15, 0.2) is 18.2 Å². The van der Waals surface area contributed by atoms with Crippen molar-refractivity contribution in [1.29, 1.82) is 0 Å². The van der Waals surface area contributed by atoms with Crippen molar-refractivity contribution < 1.29 is 9.84 Å². The summed E-state index contributed by atoms with van der Waals surface area (Å²) in [4.78, 5) is 2.32. The molecule has 1 aromatic rings. The molecule has 0 amide bonds. The monoisotopic (exact) mass is 250 g/mol. The van der Waals surface area contributed by atoms with Gasteiger partial charge in [-0.15, -0.1) is 0 Å². The van der Waals surface area contributed by atoms with Crippen molar-refractivity contribution >= 4 is 0 Å². The van der Waals surface area contributed by atoms with Crippen LogP contribution in [0.25, 0.3) is 0 Å². The Morgan fingerprint density at radius 3 is 2.94 bits per heavy atom. The van der Waals surface area contributed by atoms with Crippen LogP contribution in [0.4, 0.5) is 0 Å². The van der Waals surface area contributed by atoms with Gasteiger partial charge in [0.05, 0.1) is 7.11 Å². The molecule has 18 heavy (non-hydrogen) atoms. The van der Waals surface area contributed by atoms with Crippen LogP contribution >= 0.6 is 0 Å². The minimum atomic E-state index is 0.159. The lowest BCUT2D eigenvalue weighted by Crippen LogP contribution is -2.43. The fraction of sp³-hybridized carbons (Fsp3) is 0.571. The van der Waals surface area contributed by atoms with E-state index in [2.05, 4.69) is 11.8 Å². The third-order valence-electron chi connectivity index (χ3n) is 3.72. The first-order valence-corrected chi connectivity index (χ1v) is 6.48. The van der Waals surface area contributed by atoms with Gasteiger partial charge in [0.1, 0.15) is 11.5 Å². The van der Waals surface area contributed by atoms with Gasteiger partial charge in [0.15, 0.2) is 0 Å². The number of rotatable bonds is 3. The maximum atomic E-state index is 9.98. The van der Waals surface area contributed by atoms with Crippen molar-refractivity contribution in [3.63, 3.8) is 0 Å². The normalized spacial score (nSPS) is 22.7. The van der Waals surface area contributed by atoms with Crippen molar-refractivity contribution in [2.24, 2.45) is 5.73 Å². The Morgan fingerprint density at radius 2 is 2.28 bits per heavy atom. The molecule has 2 rings (SSSR count). The standard InChI is InChI=1S/C14H22N2O2/c1-10(16-7-3-4-11(15)9-16)13-8-12(18-2)5-6-14(13)17/h5-6,8,10-11,17H,3-4,7,9,15H2,1-2H3. The Hall–Kier alpha value is -1.26. The molecule has 2 atom stereocenters.